The summed E-state index contributed by atoms with van der Waals surface area (Å²) in [7, 11) is 0. The summed E-state index contributed by atoms with van der Waals surface area (Å²) in [6.45, 7) is -0.215. The summed E-state index contributed by atoms with van der Waals surface area (Å²) in [5.41, 5.74) is 4.28. The van der Waals surface area contributed by atoms with Crippen molar-refractivity contribution in [1.82, 2.24) is 4.98 Å². The Labute approximate surface area is 88.9 Å². The molecule has 0 amide bonds. The standard InChI is InChI=1S/C9H9F3N2O2/c10-9(11,12)5-1-2-7(14-4-5)6(3-13)8(15)16/h1-2,4,6H,3,13H2,(H,15,16). The third-order valence-corrected chi connectivity index (χ3v) is 2.00. The number of carboxylic acid groups (broad SMARTS) is 1. The SMILES string of the molecule is NCC(C(=O)O)c1ccc(C(F)(F)F)cn1. The molecule has 1 heterocycles. The number of aliphatic carboxylic acids is 1. The Balaban J connectivity index is 2.98. The number of nitrogens with zero attached hydrogens (tertiary/aromatic N) is 1. The number of hydrogen-bond acceptors (Lipinski definition) is 3. The molecule has 0 aliphatic carbocycles. The molecule has 0 aliphatic rings. The Morgan fingerprint density at radius 1 is 1.50 bits per heavy atom. The average Bonchev–Trinajstić information content (AvgIpc) is 2.17. The van der Waals surface area contributed by atoms with E-state index in [2.05, 4.69) is 4.98 Å². The van der Waals surface area contributed by atoms with Crippen LogP contribution in [0.25, 0.3) is 0 Å². The summed E-state index contributed by atoms with van der Waals surface area (Å²) in [6, 6.07) is 1.81. The lowest BCUT2D eigenvalue weighted by atomic mass is 10.0. The number of aromatic nitrogens is 1. The van der Waals surface area contributed by atoms with Crippen LogP contribution >= 0.6 is 0 Å². The summed E-state index contributed by atoms with van der Waals surface area (Å²) < 4.78 is 36.5. The maximum absolute atomic E-state index is 12.2. The van der Waals surface area contributed by atoms with Gasteiger partial charge in [-0.15, -0.1) is 0 Å². The van der Waals surface area contributed by atoms with Crippen molar-refractivity contribution >= 4 is 5.97 Å². The highest BCUT2D eigenvalue weighted by Gasteiger charge is 2.31. The monoisotopic (exact) mass is 234 g/mol. The zero-order valence-electron chi connectivity index (χ0n) is 8.03. The van der Waals surface area contributed by atoms with Gasteiger partial charge in [0.15, 0.2) is 0 Å². The van der Waals surface area contributed by atoms with Gasteiger partial charge in [0, 0.05) is 12.7 Å². The number of hydrogen-bond donors (Lipinski definition) is 2. The molecule has 3 N–H and O–H groups in total. The lowest BCUT2D eigenvalue weighted by molar-refractivity contribution is -0.138. The second kappa shape index (κ2) is 4.48. The molecule has 0 saturated heterocycles. The summed E-state index contributed by atoms with van der Waals surface area (Å²) in [6.07, 6.45) is -3.88. The van der Waals surface area contributed by atoms with E-state index < -0.39 is 23.6 Å². The summed E-state index contributed by atoms with van der Waals surface area (Å²) >= 11 is 0. The van der Waals surface area contributed by atoms with Gasteiger partial charge in [0.25, 0.3) is 0 Å². The molecule has 7 heteroatoms. The van der Waals surface area contributed by atoms with Crippen LogP contribution in [0.3, 0.4) is 0 Å². The zero-order valence-corrected chi connectivity index (χ0v) is 8.03. The number of carbonyl (C=O) groups is 1. The molecule has 0 saturated carbocycles. The van der Waals surface area contributed by atoms with Gasteiger partial charge >= 0.3 is 12.1 Å². The molecule has 16 heavy (non-hydrogen) atoms. The molecule has 0 spiro atoms. The van der Waals surface area contributed by atoms with E-state index in [0.29, 0.717) is 6.20 Å². The van der Waals surface area contributed by atoms with Gasteiger partial charge in [-0.2, -0.15) is 13.2 Å². The van der Waals surface area contributed by atoms with E-state index in [4.69, 9.17) is 10.8 Å². The van der Waals surface area contributed by atoms with Gasteiger partial charge in [-0.05, 0) is 12.1 Å². The third kappa shape index (κ3) is 2.69. The number of carboxylic acids is 1. The van der Waals surface area contributed by atoms with E-state index in [9.17, 15) is 18.0 Å². The first-order chi connectivity index (χ1) is 7.36. The molecular formula is C9H9F3N2O2. The molecule has 0 aromatic carbocycles. The predicted molar refractivity (Wildman–Crippen MR) is 48.7 cm³/mol. The number of nitrogens with two attached hydrogens (primary N) is 1. The van der Waals surface area contributed by atoms with Crippen LogP contribution in [0.5, 0.6) is 0 Å². The molecule has 1 atom stereocenters. The largest absolute Gasteiger partial charge is 0.481 e. The highest BCUT2D eigenvalue weighted by atomic mass is 19.4. The van der Waals surface area contributed by atoms with Crippen LogP contribution in [-0.4, -0.2) is 22.6 Å². The molecule has 0 radical (unpaired) electrons. The topological polar surface area (TPSA) is 76.2 Å². The van der Waals surface area contributed by atoms with Gasteiger partial charge in [0.1, 0.15) is 5.92 Å². The van der Waals surface area contributed by atoms with E-state index in [1.807, 2.05) is 0 Å². The second-order valence-electron chi connectivity index (χ2n) is 3.10. The fourth-order valence-electron chi connectivity index (χ4n) is 1.13. The van der Waals surface area contributed by atoms with Crippen LogP contribution in [0.1, 0.15) is 17.2 Å². The van der Waals surface area contributed by atoms with Crippen LogP contribution in [0.4, 0.5) is 13.2 Å². The van der Waals surface area contributed by atoms with Crippen LogP contribution in [0.15, 0.2) is 18.3 Å². The van der Waals surface area contributed by atoms with E-state index in [1.54, 1.807) is 0 Å². The third-order valence-electron chi connectivity index (χ3n) is 2.00. The Bertz CT molecular complexity index is 375. The molecule has 0 fully saturated rings. The summed E-state index contributed by atoms with van der Waals surface area (Å²) in [4.78, 5) is 14.1. The molecule has 1 rings (SSSR count). The number of halogens is 3. The first-order valence-electron chi connectivity index (χ1n) is 4.32. The van der Waals surface area contributed by atoms with Crippen LogP contribution in [0, 0.1) is 0 Å². The van der Waals surface area contributed by atoms with Crippen LogP contribution in [-0.2, 0) is 11.0 Å². The maximum Gasteiger partial charge on any atom is 0.417 e. The van der Waals surface area contributed by atoms with E-state index in [-0.39, 0.29) is 12.2 Å². The molecule has 0 aliphatic heterocycles. The quantitative estimate of drug-likeness (QED) is 0.824. The van der Waals surface area contributed by atoms with Crippen molar-refractivity contribution in [2.24, 2.45) is 5.73 Å². The normalized spacial score (nSPS) is 13.5. The first-order valence-corrected chi connectivity index (χ1v) is 4.32. The minimum atomic E-state index is -4.48. The number of rotatable bonds is 3. The predicted octanol–water partition coefficient (Wildman–Crippen LogP) is 1.23. The smallest absolute Gasteiger partial charge is 0.417 e. The van der Waals surface area contributed by atoms with Crippen LogP contribution < -0.4 is 5.73 Å². The fraction of sp³-hybridized carbons (Fsp3) is 0.333. The van der Waals surface area contributed by atoms with Gasteiger partial charge in [-0.25, -0.2) is 0 Å². The molecular weight excluding hydrogens is 225 g/mol. The Kier molecular flexibility index (Phi) is 3.48. The lowest BCUT2D eigenvalue weighted by Gasteiger charge is -2.10. The highest BCUT2D eigenvalue weighted by Crippen LogP contribution is 2.29. The summed E-state index contributed by atoms with van der Waals surface area (Å²) in [5.74, 6) is -2.29. The van der Waals surface area contributed by atoms with Crippen molar-refractivity contribution < 1.29 is 23.1 Å². The van der Waals surface area contributed by atoms with Crippen molar-refractivity contribution in [3.8, 4) is 0 Å². The first kappa shape index (κ1) is 12.4. The molecule has 1 aromatic heterocycles. The van der Waals surface area contributed by atoms with E-state index >= 15 is 0 Å². The molecule has 0 bridgehead atoms. The molecule has 1 unspecified atom stereocenters. The van der Waals surface area contributed by atoms with Gasteiger partial charge in [-0.3, -0.25) is 9.78 Å². The fourth-order valence-corrected chi connectivity index (χ4v) is 1.13. The van der Waals surface area contributed by atoms with E-state index in [0.717, 1.165) is 12.1 Å². The Morgan fingerprint density at radius 2 is 2.12 bits per heavy atom. The second-order valence-corrected chi connectivity index (χ2v) is 3.10. The van der Waals surface area contributed by atoms with Crippen molar-refractivity contribution in [1.29, 1.82) is 0 Å². The zero-order chi connectivity index (χ0) is 12.3. The minimum Gasteiger partial charge on any atom is -0.481 e. The molecule has 88 valence electrons. The number of alkyl halides is 3. The van der Waals surface area contributed by atoms with Gasteiger partial charge in [-0.1, -0.05) is 0 Å². The minimum absolute atomic E-state index is 0.0167. The highest BCUT2D eigenvalue weighted by molar-refractivity contribution is 5.75. The number of pyridine rings is 1. The molecule has 1 aromatic rings. The van der Waals surface area contributed by atoms with E-state index in [1.165, 1.54) is 0 Å². The Morgan fingerprint density at radius 3 is 2.44 bits per heavy atom. The van der Waals surface area contributed by atoms with Gasteiger partial charge in [0.2, 0.25) is 0 Å². The summed E-state index contributed by atoms with van der Waals surface area (Å²) in [5, 5.41) is 8.71. The van der Waals surface area contributed by atoms with Gasteiger partial charge in [0.05, 0.1) is 11.3 Å². The van der Waals surface area contributed by atoms with Crippen molar-refractivity contribution in [3.05, 3.63) is 29.6 Å². The van der Waals surface area contributed by atoms with Gasteiger partial charge < -0.3 is 10.8 Å². The maximum atomic E-state index is 12.2. The van der Waals surface area contributed by atoms with Crippen molar-refractivity contribution in [2.45, 2.75) is 12.1 Å². The van der Waals surface area contributed by atoms with Crippen LogP contribution in [0.2, 0.25) is 0 Å². The Hall–Kier alpha value is -1.63. The lowest BCUT2D eigenvalue weighted by Crippen LogP contribution is -2.22. The van der Waals surface area contributed by atoms with Crippen molar-refractivity contribution in [2.75, 3.05) is 6.54 Å². The van der Waals surface area contributed by atoms with Crippen molar-refractivity contribution in [3.63, 3.8) is 0 Å². The average molecular weight is 234 g/mol. The molecule has 4 nitrogen and oxygen atoms in total.